The highest BCUT2D eigenvalue weighted by atomic mass is 79.9. The quantitative estimate of drug-likeness (QED) is 0.387. The number of hydrogen-bond donors (Lipinski definition) is 2. The predicted octanol–water partition coefficient (Wildman–Crippen LogP) is 2.11. The Hall–Kier alpha value is -2.20. The van der Waals surface area contributed by atoms with Gasteiger partial charge in [0, 0.05) is 35.7 Å². The van der Waals surface area contributed by atoms with Crippen LogP contribution in [-0.2, 0) is 32.0 Å². The van der Waals surface area contributed by atoms with Crippen molar-refractivity contribution in [3.05, 3.63) is 51.5 Å². The number of pyridine rings is 1. The number of carbonyl (C=O) groups is 2. The minimum Gasteiger partial charge on any atom is -0.391 e. The highest BCUT2D eigenvalue weighted by Crippen LogP contribution is 2.50. The van der Waals surface area contributed by atoms with Crippen molar-refractivity contribution < 1.29 is 22.9 Å². The van der Waals surface area contributed by atoms with Crippen LogP contribution in [0.5, 0.6) is 0 Å². The molecule has 0 bridgehead atoms. The lowest BCUT2D eigenvalue weighted by Crippen LogP contribution is -2.38. The van der Waals surface area contributed by atoms with E-state index in [9.17, 15) is 19.1 Å². The van der Waals surface area contributed by atoms with Gasteiger partial charge in [-0.15, -0.1) is 0 Å². The van der Waals surface area contributed by atoms with E-state index in [0.29, 0.717) is 29.6 Å². The van der Waals surface area contributed by atoms with Crippen molar-refractivity contribution in [1.29, 1.82) is 0 Å². The summed E-state index contributed by atoms with van der Waals surface area (Å²) in [6, 6.07) is 3.11. The molecule has 1 aromatic heterocycles. The molecule has 0 saturated heterocycles. The Balaban J connectivity index is 2.00. The van der Waals surface area contributed by atoms with Crippen molar-refractivity contribution in [3.63, 3.8) is 0 Å². The number of aromatic nitrogens is 1. The van der Waals surface area contributed by atoms with E-state index < -0.39 is 12.1 Å². The number of aldehydes is 1. The van der Waals surface area contributed by atoms with Crippen LogP contribution in [-0.4, -0.2) is 40.5 Å². The van der Waals surface area contributed by atoms with Gasteiger partial charge in [0.2, 0.25) is 0 Å². The molecule has 1 aromatic carbocycles. The van der Waals surface area contributed by atoms with Gasteiger partial charge in [0.25, 0.3) is 5.91 Å². The van der Waals surface area contributed by atoms with Crippen molar-refractivity contribution >= 4 is 39.4 Å². The lowest BCUT2D eigenvalue weighted by molar-refractivity contribution is -0.129. The zero-order chi connectivity index (χ0) is 20.9. The number of nitrogens with zero attached hydrogens (tertiary/aromatic N) is 2. The maximum atomic E-state index is 14.3. The first-order valence-electron chi connectivity index (χ1n) is 9.06. The molecule has 2 aliphatic rings. The molecular weight excluding hydrogens is 445 g/mol. The Morgan fingerprint density at radius 3 is 2.90 bits per heavy atom. The number of hydrogen-bond acceptors (Lipinski definition) is 6. The second-order valence-electron chi connectivity index (χ2n) is 7.35. The molecule has 1 atom stereocenters. The van der Waals surface area contributed by atoms with Gasteiger partial charge in [-0.1, -0.05) is 0 Å². The summed E-state index contributed by atoms with van der Waals surface area (Å²) >= 11 is 2.90. The fraction of sp³-hybridized carbons (Fsp3) is 0.350. The Labute approximate surface area is 175 Å². The summed E-state index contributed by atoms with van der Waals surface area (Å²) in [7, 11) is 0. The maximum absolute atomic E-state index is 14.3. The van der Waals surface area contributed by atoms with Crippen molar-refractivity contribution in [2.75, 3.05) is 13.3 Å². The van der Waals surface area contributed by atoms with Crippen LogP contribution in [0.2, 0.25) is 0 Å². The number of fused-ring (bicyclic) bond motifs is 4. The van der Waals surface area contributed by atoms with Crippen LogP contribution >= 0.6 is 16.3 Å². The van der Waals surface area contributed by atoms with Gasteiger partial charge in [0.05, 0.1) is 23.4 Å². The number of nitrogens with one attached hydrogen (secondary N) is 1. The zero-order valence-electron chi connectivity index (χ0n) is 15.9. The topological polar surface area (TPSA) is 91.8 Å². The van der Waals surface area contributed by atoms with Crippen LogP contribution in [0.25, 0.3) is 10.9 Å². The van der Waals surface area contributed by atoms with Gasteiger partial charge >= 0.3 is 0 Å². The van der Waals surface area contributed by atoms with Crippen molar-refractivity contribution in [2.24, 2.45) is 0 Å². The third-order valence-electron chi connectivity index (χ3n) is 5.89. The molecule has 0 fully saturated rings. The molecular formula is C20H19BrFN3O4. The first-order valence-corrected chi connectivity index (χ1v) is 9.71. The summed E-state index contributed by atoms with van der Waals surface area (Å²) in [6.07, 6.45) is 0.608. The average molecular weight is 464 g/mol. The number of halogens is 2. The third-order valence-corrected chi connectivity index (χ3v) is 6.12. The lowest BCUT2D eigenvalue weighted by atomic mass is 9.87. The summed E-state index contributed by atoms with van der Waals surface area (Å²) in [5.74, 6) is -0.762. The molecule has 152 valence electrons. The summed E-state index contributed by atoms with van der Waals surface area (Å²) in [5.41, 5.74) is 2.35. The Bertz CT molecular complexity index is 1090. The molecule has 1 unspecified atom stereocenters. The Morgan fingerprint density at radius 2 is 2.24 bits per heavy atom. The number of carbonyl (C=O) groups excluding carboxylic acids is 2. The van der Waals surface area contributed by atoms with Gasteiger partial charge in [0.1, 0.15) is 40.6 Å². The van der Waals surface area contributed by atoms with Crippen LogP contribution in [0.1, 0.15) is 29.3 Å². The molecule has 1 amide bonds. The van der Waals surface area contributed by atoms with E-state index in [0.717, 1.165) is 16.5 Å². The molecule has 0 radical (unpaired) electrons. The van der Waals surface area contributed by atoms with E-state index in [4.69, 9.17) is 3.83 Å². The molecule has 9 heteroatoms. The number of rotatable bonds is 6. The molecule has 0 aliphatic carbocycles. The highest BCUT2D eigenvalue weighted by Gasteiger charge is 2.55. The number of aliphatic hydroxyl groups excluding tert-OH is 1. The summed E-state index contributed by atoms with van der Waals surface area (Å²) in [5, 5.41) is 13.5. The van der Waals surface area contributed by atoms with E-state index in [1.807, 2.05) is 0 Å². The zero-order valence-corrected chi connectivity index (χ0v) is 17.5. The lowest BCUT2D eigenvalue weighted by Gasteiger charge is -2.29. The van der Waals surface area contributed by atoms with E-state index in [2.05, 4.69) is 26.6 Å². The monoisotopic (exact) mass is 463 g/mol. The summed E-state index contributed by atoms with van der Waals surface area (Å²) in [4.78, 5) is 31.0. The number of aliphatic hydroxyl groups is 1. The smallest absolute Gasteiger partial charge is 0.253 e. The van der Waals surface area contributed by atoms with Crippen LogP contribution in [0, 0.1) is 12.7 Å². The number of amides is 1. The van der Waals surface area contributed by atoms with Crippen molar-refractivity contribution in [1.82, 2.24) is 15.2 Å². The standard InChI is InChI=1S/C20H19BrFN3O4/c1-10-3-11-12(5-23-9-29-21)13-6-25-19(28)14(7-26)15(8-27)20(25,2)18(13)24-17(11)4-16(10)22/h3-4,8,23,26H,5-7,9H2,1-2H3. The van der Waals surface area contributed by atoms with E-state index >= 15 is 0 Å². The number of benzene rings is 1. The van der Waals surface area contributed by atoms with Gasteiger partial charge < -0.3 is 10.0 Å². The second kappa shape index (κ2) is 7.24. The Kier molecular flexibility index (Phi) is 5.02. The van der Waals surface area contributed by atoms with E-state index in [1.54, 1.807) is 24.8 Å². The summed E-state index contributed by atoms with van der Waals surface area (Å²) in [6.45, 7) is 3.80. The minimum absolute atomic E-state index is 0.0810. The molecule has 4 rings (SSSR count). The molecule has 29 heavy (non-hydrogen) atoms. The second-order valence-corrected chi connectivity index (χ2v) is 7.81. The first-order chi connectivity index (χ1) is 13.9. The van der Waals surface area contributed by atoms with Gasteiger partial charge in [-0.25, -0.2) is 9.37 Å². The highest BCUT2D eigenvalue weighted by molar-refractivity contribution is 9.06. The van der Waals surface area contributed by atoms with Gasteiger partial charge in [-0.05, 0) is 31.0 Å². The largest absolute Gasteiger partial charge is 0.391 e. The average Bonchev–Trinajstić information content (AvgIpc) is 3.10. The maximum Gasteiger partial charge on any atom is 0.253 e. The van der Waals surface area contributed by atoms with Gasteiger partial charge in [-0.3, -0.25) is 18.7 Å². The fourth-order valence-corrected chi connectivity index (χ4v) is 4.55. The molecule has 2 aliphatic heterocycles. The Morgan fingerprint density at radius 1 is 1.48 bits per heavy atom. The fourth-order valence-electron chi connectivity index (χ4n) is 4.39. The summed E-state index contributed by atoms with van der Waals surface area (Å²) < 4.78 is 19.2. The molecule has 0 saturated carbocycles. The van der Waals surface area contributed by atoms with Crippen molar-refractivity contribution in [2.45, 2.75) is 32.5 Å². The SMILES string of the molecule is Cc1cc2c(CNCOBr)c3c(nc2cc1F)C1(C)C(C=O)=C(CO)C(=O)N1C3. The van der Waals surface area contributed by atoms with Gasteiger partial charge in [-0.2, -0.15) is 0 Å². The molecule has 2 aromatic rings. The molecule has 3 heterocycles. The third kappa shape index (κ3) is 2.76. The first kappa shape index (κ1) is 20.1. The normalized spacial score (nSPS) is 20.6. The molecule has 0 spiro atoms. The number of aryl methyl sites for hydroxylation is 1. The van der Waals surface area contributed by atoms with E-state index in [-0.39, 0.29) is 36.1 Å². The van der Waals surface area contributed by atoms with Crippen molar-refractivity contribution in [3.8, 4) is 0 Å². The van der Waals surface area contributed by atoms with Crippen LogP contribution in [0.4, 0.5) is 4.39 Å². The molecule has 2 N–H and O–H groups in total. The predicted molar refractivity (Wildman–Crippen MR) is 106 cm³/mol. The molecule has 7 nitrogen and oxygen atoms in total. The van der Waals surface area contributed by atoms with E-state index in [1.165, 1.54) is 6.07 Å². The van der Waals surface area contributed by atoms with Crippen LogP contribution in [0.3, 0.4) is 0 Å². The minimum atomic E-state index is -1.09. The van der Waals surface area contributed by atoms with Gasteiger partial charge in [0.15, 0.2) is 0 Å². The van der Waals surface area contributed by atoms with Crippen LogP contribution in [0.15, 0.2) is 23.3 Å². The van der Waals surface area contributed by atoms with Crippen LogP contribution < -0.4 is 5.32 Å².